The standard InChI is InChI=1S/C10H17N3O/c1-7(4-5-11)9-6-12-10(14-3)13-8(9)2/h6-7H,4-5,11H2,1-3H3. The van der Waals surface area contributed by atoms with Crippen molar-refractivity contribution in [1.29, 1.82) is 0 Å². The van der Waals surface area contributed by atoms with Crippen LogP contribution in [0.1, 0.15) is 30.5 Å². The molecule has 0 saturated carbocycles. The fourth-order valence-corrected chi connectivity index (χ4v) is 1.44. The molecule has 0 aromatic carbocycles. The van der Waals surface area contributed by atoms with E-state index in [1.165, 1.54) is 0 Å². The van der Waals surface area contributed by atoms with E-state index in [-0.39, 0.29) is 0 Å². The minimum Gasteiger partial charge on any atom is -0.467 e. The summed E-state index contributed by atoms with van der Waals surface area (Å²) in [4.78, 5) is 8.31. The average molecular weight is 195 g/mol. The van der Waals surface area contributed by atoms with Crippen molar-refractivity contribution >= 4 is 0 Å². The predicted molar refractivity (Wildman–Crippen MR) is 55.4 cm³/mol. The molecule has 1 rings (SSSR count). The van der Waals surface area contributed by atoms with Crippen LogP contribution in [-0.4, -0.2) is 23.6 Å². The number of methoxy groups -OCH3 is 1. The molecule has 2 N–H and O–H groups in total. The molecule has 14 heavy (non-hydrogen) atoms. The van der Waals surface area contributed by atoms with E-state index in [2.05, 4.69) is 16.9 Å². The Hall–Kier alpha value is -1.16. The first-order valence-corrected chi connectivity index (χ1v) is 4.76. The number of aromatic nitrogens is 2. The van der Waals surface area contributed by atoms with E-state index in [1.807, 2.05) is 13.1 Å². The van der Waals surface area contributed by atoms with Gasteiger partial charge >= 0.3 is 6.01 Å². The number of aryl methyl sites for hydroxylation is 1. The molecule has 0 fully saturated rings. The van der Waals surface area contributed by atoms with Crippen LogP contribution < -0.4 is 10.5 Å². The van der Waals surface area contributed by atoms with Gasteiger partial charge in [0.05, 0.1) is 7.11 Å². The van der Waals surface area contributed by atoms with Gasteiger partial charge in [-0.15, -0.1) is 0 Å². The lowest BCUT2D eigenvalue weighted by Gasteiger charge is -2.12. The fourth-order valence-electron chi connectivity index (χ4n) is 1.44. The van der Waals surface area contributed by atoms with Crippen LogP contribution in [-0.2, 0) is 0 Å². The first-order chi connectivity index (χ1) is 6.69. The lowest BCUT2D eigenvalue weighted by atomic mass is 9.98. The molecular weight excluding hydrogens is 178 g/mol. The molecule has 1 unspecified atom stereocenters. The summed E-state index contributed by atoms with van der Waals surface area (Å²) in [5, 5.41) is 0. The maximum atomic E-state index is 5.51. The molecule has 0 aliphatic carbocycles. The Morgan fingerprint density at radius 2 is 2.29 bits per heavy atom. The van der Waals surface area contributed by atoms with Crippen LogP contribution in [0.5, 0.6) is 6.01 Å². The van der Waals surface area contributed by atoms with Gasteiger partial charge in [0, 0.05) is 11.9 Å². The summed E-state index contributed by atoms with van der Waals surface area (Å²) in [6.07, 6.45) is 2.78. The zero-order valence-electron chi connectivity index (χ0n) is 8.95. The Labute approximate surface area is 84.5 Å². The first-order valence-electron chi connectivity index (χ1n) is 4.76. The third-order valence-electron chi connectivity index (χ3n) is 2.31. The summed E-state index contributed by atoms with van der Waals surface area (Å²) in [7, 11) is 1.57. The van der Waals surface area contributed by atoms with Crippen LogP contribution in [0, 0.1) is 6.92 Å². The van der Waals surface area contributed by atoms with Crippen LogP contribution in [0.4, 0.5) is 0 Å². The van der Waals surface area contributed by atoms with E-state index in [1.54, 1.807) is 7.11 Å². The van der Waals surface area contributed by atoms with Gasteiger partial charge in [0.2, 0.25) is 0 Å². The number of rotatable bonds is 4. The highest BCUT2D eigenvalue weighted by Gasteiger charge is 2.10. The molecule has 1 aromatic rings. The summed E-state index contributed by atoms with van der Waals surface area (Å²) >= 11 is 0. The SMILES string of the molecule is COc1ncc(C(C)CCN)c(C)n1. The lowest BCUT2D eigenvalue weighted by Crippen LogP contribution is -2.07. The highest BCUT2D eigenvalue weighted by molar-refractivity contribution is 5.21. The largest absolute Gasteiger partial charge is 0.467 e. The molecule has 0 spiro atoms. The number of hydrogen-bond acceptors (Lipinski definition) is 4. The summed E-state index contributed by atoms with van der Waals surface area (Å²) in [5.74, 6) is 0.408. The average Bonchev–Trinajstić information content (AvgIpc) is 2.17. The fraction of sp³-hybridized carbons (Fsp3) is 0.600. The number of nitrogens with two attached hydrogens (primary N) is 1. The summed E-state index contributed by atoms with van der Waals surface area (Å²) in [5.41, 5.74) is 7.63. The Bertz CT molecular complexity index is 301. The van der Waals surface area contributed by atoms with Crippen molar-refractivity contribution in [2.24, 2.45) is 5.73 Å². The van der Waals surface area contributed by atoms with Crippen LogP contribution in [0.15, 0.2) is 6.20 Å². The van der Waals surface area contributed by atoms with Crippen molar-refractivity contribution in [1.82, 2.24) is 9.97 Å². The number of nitrogens with zero attached hydrogens (tertiary/aromatic N) is 2. The second-order valence-corrected chi connectivity index (χ2v) is 3.38. The topological polar surface area (TPSA) is 61.0 Å². The van der Waals surface area contributed by atoms with Crippen molar-refractivity contribution in [3.8, 4) is 6.01 Å². The minimum atomic E-state index is 0.408. The van der Waals surface area contributed by atoms with E-state index < -0.39 is 0 Å². The maximum Gasteiger partial charge on any atom is 0.316 e. The molecule has 1 atom stereocenters. The van der Waals surface area contributed by atoms with Crippen LogP contribution in [0.2, 0.25) is 0 Å². The van der Waals surface area contributed by atoms with E-state index in [0.29, 0.717) is 18.5 Å². The second-order valence-electron chi connectivity index (χ2n) is 3.38. The first kappa shape index (κ1) is 10.9. The second kappa shape index (κ2) is 4.91. The smallest absolute Gasteiger partial charge is 0.316 e. The van der Waals surface area contributed by atoms with Gasteiger partial charge in [0.15, 0.2) is 0 Å². The van der Waals surface area contributed by atoms with E-state index >= 15 is 0 Å². The predicted octanol–water partition coefficient (Wildman–Crippen LogP) is 1.25. The van der Waals surface area contributed by atoms with Gasteiger partial charge < -0.3 is 10.5 Å². The zero-order valence-corrected chi connectivity index (χ0v) is 8.95. The van der Waals surface area contributed by atoms with Crippen molar-refractivity contribution < 1.29 is 4.74 Å². The van der Waals surface area contributed by atoms with Crippen molar-refractivity contribution in [2.75, 3.05) is 13.7 Å². The molecular formula is C10H17N3O. The highest BCUT2D eigenvalue weighted by Crippen LogP contribution is 2.21. The molecule has 1 heterocycles. The highest BCUT2D eigenvalue weighted by atomic mass is 16.5. The van der Waals surface area contributed by atoms with Crippen LogP contribution in [0.3, 0.4) is 0 Å². The van der Waals surface area contributed by atoms with Crippen molar-refractivity contribution in [3.05, 3.63) is 17.5 Å². The third-order valence-corrected chi connectivity index (χ3v) is 2.31. The van der Waals surface area contributed by atoms with E-state index in [9.17, 15) is 0 Å². The number of hydrogen-bond donors (Lipinski definition) is 1. The van der Waals surface area contributed by atoms with Gasteiger partial charge in [-0.25, -0.2) is 9.97 Å². The van der Waals surface area contributed by atoms with Crippen LogP contribution in [0.25, 0.3) is 0 Å². The van der Waals surface area contributed by atoms with Crippen molar-refractivity contribution in [2.45, 2.75) is 26.2 Å². The van der Waals surface area contributed by atoms with Gasteiger partial charge in [-0.3, -0.25) is 0 Å². The Morgan fingerprint density at radius 3 is 2.79 bits per heavy atom. The zero-order chi connectivity index (χ0) is 10.6. The van der Waals surface area contributed by atoms with Gasteiger partial charge in [0.1, 0.15) is 0 Å². The molecule has 0 aliphatic rings. The normalized spacial score (nSPS) is 12.6. The minimum absolute atomic E-state index is 0.408. The molecule has 0 amide bonds. The Balaban J connectivity index is 2.88. The molecule has 0 aliphatic heterocycles. The summed E-state index contributed by atoms with van der Waals surface area (Å²) in [6, 6.07) is 0.422. The molecule has 4 nitrogen and oxygen atoms in total. The summed E-state index contributed by atoms with van der Waals surface area (Å²) < 4.78 is 4.94. The van der Waals surface area contributed by atoms with Crippen LogP contribution >= 0.6 is 0 Å². The molecule has 0 radical (unpaired) electrons. The molecule has 4 heteroatoms. The van der Waals surface area contributed by atoms with E-state index in [0.717, 1.165) is 17.7 Å². The van der Waals surface area contributed by atoms with Crippen molar-refractivity contribution in [3.63, 3.8) is 0 Å². The van der Waals surface area contributed by atoms with E-state index in [4.69, 9.17) is 10.5 Å². The molecule has 0 bridgehead atoms. The Kier molecular flexibility index (Phi) is 3.83. The maximum absolute atomic E-state index is 5.51. The van der Waals surface area contributed by atoms with Gasteiger partial charge in [-0.1, -0.05) is 6.92 Å². The monoisotopic (exact) mass is 195 g/mol. The van der Waals surface area contributed by atoms with Gasteiger partial charge in [0.25, 0.3) is 0 Å². The van der Waals surface area contributed by atoms with Gasteiger partial charge in [-0.05, 0) is 31.4 Å². The third kappa shape index (κ3) is 2.42. The quantitative estimate of drug-likeness (QED) is 0.785. The Morgan fingerprint density at radius 1 is 1.57 bits per heavy atom. The lowest BCUT2D eigenvalue weighted by molar-refractivity contribution is 0.377. The molecule has 1 aromatic heterocycles. The molecule has 0 saturated heterocycles. The van der Waals surface area contributed by atoms with Gasteiger partial charge in [-0.2, -0.15) is 0 Å². The summed E-state index contributed by atoms with van der Waals surface area (Å²) in [6.45, 7) is 4.78. The molecule has 78 valence electrons. The number of ether oxygens (including phenoxy) is 1.